The number of aromatic nitrogens is 1. The van der Waals surface area contributed by atoms with Crippen molar-refractivity contribution < 1.29 is 9.31 Å². The summed E-state index contributed by atoms with van der Waals surface area (Å²) in [6.07, 6.45) is 0.946. The second-order valence-electron chi connectivity index (χ2n) is 5.71. The van der Waals surface area contributed by atoms with Gasteiger partial charge in [-0.05, 0) is 18.6 Å². The lowest BCUT2D eigenvalue weighted by molar-refractivity contribution is -0.386. The predicted molar refractivity (Wildman–Crippen MR) is 92.0 cm³/mol. The molecule has 24 heavy (non-hydrogen) atoms. The highest BCUT2D eigenvalue weighted by Gasteiger charge is 2.26. The highest BCUT2D eigenvalue weighted by molar-refractivity contribution is 7.09. The largest absolute Gasteiger partial charge is 0.363 e. The van der Waals surface area contributed by atoms with Crippen molar-refractivity contribution in [3.8, 4) is 0 Å². The van der Waals surface area contributed by atoms with Crippen LogP contribution in [0.4, 0.5) is 15.8 Å². The Hall–Kier alpha value is -2.06. The fraction of sp³-hybridized carbons (Fsp3) is 0.438. The van der Waals surface area contributed by atoms with Gasteiger partial charge in [-0.1, -0.05) is 13.0 Å². The molecule has 0 bridgehead atoms. The molecule has 1 saturated heterocycles. The first kappa shape index (κ1) is 16.8. The number of rotatable bonds is 5. The number of benzene rings is 1. The summed E-state index contributed by atoms with van der Waals surface area (Å²) in [5.74, 6) is -0.783. The van der Waals surface area contributed by atoms with Crippen LogP contribution in [0.2, 0.25) is 0 Å². The Bertz CT molecular complexity index is 729. The molecule has 6 nitrogen and oxygen atoms in total. The van der Waals surface area contributed by atoms with Gasteiger partial charge in [0.2, 0.25) is 5.82 Å². The van der Waals surface area contributed by atoms with Gasteiger partial charge in [-0.2, -0.15) is 4.39 Å². The van der Waals surface area contributed by atoms with Crippen LogP contribution in [0.1, 0.15) is 17.6 Å². The van der Waals surface area contributed by atoms with E-state index >= 15 is 0 Å². The van der Waals surface area contributed by atoms with Crippen molar-refractivity contribution in [2.24, 2.45) is 0 Å². The number of nitro benzene ring substituents is 1. The second-order valence-corrected chi connectivity index (χ2v) is 6.66. The molecule has 3 rings (SSSR count). The number of anilines is 1. The zero-order valence-corrected chi connectivity index (χ0v) is 14.3. The third-order valence-corrected chi connectivity index (χ3v) is 5.19. The van der Waals surface area contributed by atoms with E-state index in [-0.39, 0.29) is 0 Å². The third kappa shape index (κ3) is 3.54. The molecule has 0 atom stereocenters. The van der Waals surface area contributed by atoms with Gasteiger partial charge in [-0.25, -0.2) is 4.98 Å². The maximum Gasteiger partial charge on any atom is 0.327 e. The highest BCUT2D eigenvalue weighted by Crippen LogP contribution is 2.31. The molecule has 2 heterocycles. The lowest BCUT2D eigenvalue weighted by atomic mass is 10.2. The maximum atomic E-state index is 13.8. The number of nitro groups is 1. The standard InChI is InChI=1S/C16H19FN4O2S/c1-2-15-18-12(11-24-15)10-19-6-8-20(9-7-19)14-5-3-4-13(17)16(14)21(22)23/h3-5,11H,2,6-10H2,1H3. The van der Waals surface area contributed by atoms with Gasteiger partial charge in [-0.15, -0.1) is 11.3 Å². The lowest BCUT2D eigenvalue weighted by Gasteiger charge is -2.35. The van der Waals surface area contributed by atoms with Gasteiger partial charge in [-0.3, -0.25) is 15.0 Å². The molecular weight excluding hydrogens is 331 g/mol. The third-order valence-electron chi connectivity index (χ3n) is 4.15. The Labute approximate surface area is 143 Å². The summed E-state index contributed by atoms with van der Waals surface area (Å²) in [5.41, 5.74) is 1.00. The molecule has 0 amide bonds. The van der Waals surface area contributed by atoms with E-state index in [1.54, 1.807) is 17.4 Å². The molecule has 0 N–H and O–H groups in total. The average molecular weight is 350 g/mol. The number of hydrogen-bond donors (Lipinski definition) is 0. The van der Waals surface area contributed by atoms with Crippen molar-refractivity contribution in [1.82, 2.24) is 9.88 Å². The summed E-state index contributed by atoms with van der Waals surface area (Å²) in [5, 5.41) is 14.4. The Balaban J connectivity index is 1.65. The molecule has 1 aliphatic heterocycles. The summed E-state index contributed by atoms with van der Waals surface area (Å²) < 4.78 is 13.8. The topological polar surface area (TPSA) is 62.5 Å². The SMILES string of the molecule is CCc1nc(CN2CCN(c3cccc(F)c3[N+](=O)[O-])CC2)cs1. The van der Waals surface area contributed by atoms with Crippen molar-refractivity contribution in [3.05, 3.63) is 50.2 Å². The fourth-order valence-electron chi connectivity index (χ4n) is 2.90. The molecule has 0 saturated carbocycles. The fourth-order valence-corrected chi connectivity index (χ4v) is 3.64. The van der Waals surface area contributed by atoms with Crippen molar-refractivity contribution in [2.45, 2.75) is 19.9 Å². The monoisotopic (exact) mass is 350 g/mol. The molecule has 0 spiro atoms. The van der Waals surface area contributed by atoms with Gasteiger partial charge in [0.15, 0.2) is 0 Å². The Kier molecular flexibility index (Phi) is 5.06. The van der Waals surface area contributed by atoms with Gasteiger partial charge in [0.05, 0.1) is 15.6 Å². The summed E-state index contributed by atoms with van der Waals surface area (Å²) in [7, 11) is 0. The molecule has 0 aliphatic carbocycles. The minimum atomic E-state index is -0.783. The number of piperazine rings is 1. The summed E-state index contributed by atoms with van der Waals surface area (Å²) in [6, 6.07) is 4.27. The van der Waals surface area contributed by atoms with E-state index in [4.69, 9.17) is 0 Å². The summed E-state index contributed by atoms with van der Waals surface area (Å²) in [4.78, 5) is 19.2. The van der Waals surface area contributed by atoms with Crippen molar-refractivity contribution >= 4 is 22.7 Å². The van der Waals surface area contributed by atoms with E-state index in [9.17, 15) is 14.5 Å². The van der Waals surface area contributed by atoms with E-state index < -0.39 is 16.4 Å². The summed E-state index contributed by atoms with van der Waals surface area (Å²) >= 11 is 1.68. The van der Waals surface area contributed by atoms with Crippen molar-refractivity contribution in [2.75, 3.05) is 31.1 Å². The Morgan fingerprint density at radius 2 is 2.08 bits per heavy atom. The normalized spacial score (nSPS) is 15.7. The smallest absolute Gasteiger partial charge is 0.327 e. The highest BCUT2D eigenvalue weighted by atomic mass is 32.1. The zero-order chi connectivity index (χ0) is 17.1. The molecule has 8 heteroatoms. The summed E-state index contributed by atoms with van der Waals surface area (Å²) in [6.45, 7) is 5.69. The van der Waals surface area contributed by atoms with Crippen molar-refractivity contribution in [1.29, 1.82) is 0 Å². The lowest BCUT2D eigenvalue weighted by Crippen LogP contribution is -2.46. The second kappa shape index (κ2) is 7.23. The van der Waals surface area contributed by atoms with Crippen LogP contribution in [-0.2, 0) is 13.0 Å². The van der Waals surface area contributed by atoms with Gasteiger partial charge in [0.1, 0.15) is 5.69 Å². The Morgan fingerprint density at radius 3 is 2.71 bits per heavy atom. The molecule has 0 radical (unpaired) electrons. The predicted octanol–water partition coefficient (Wildman–Crippen LogP) is 3.08. The van der Waals surface area contributed by atoms with Crippen molar-refractivity contribution in [3.63, 3.8) is 0 Å². The number of halogens is 1. The quantitative estimate of drug-likeness (QED) is 0.612. The zero-order valence-electron chi connectivity index (χ0n) is 13.4. The van der Waals surface area contributed by atoms with E-state index in [1.165, 1.54) is 6.07 Å². The van der Waals surface area contributed by atoms with E-state index in [0.29, 0.717) is 18.8 Å². The van der Waals surface area contributed by atoms with Crippen LogP contribution in [0.3, 0.4) is 0 Å². The molecule has 1 fully saturated rings. The number of aryl methyl sites for hydroxylation is 1. The van der Waals surface area contributed by atoms with Crippen LogP contribution in [0.15, 0.2) is 23.6 Å². The van der Waals surface area contributed by atoms with Gasteiger partial charge >= 0.3 is 5.69 Å². The molecule has 1 aromatic carbocycles. The maximum absolute atomic E-state index is 13.8. The Morgan fingerprint density at radius 1 is 1.33 bits per heavy atom. The number of para-hydroxylation sites is 1. The van der Waals surface area contributed by atoms with E-state index in [1.807, 2.05) is 4.90 Å². The average Bonchev–Trinajstić information content (AvgIpc) is 3.02. The van der Waals surface area contributed by atoms with Gasteiger partial charge < -0.3 is 4.90 Å². The van der Waals surface area contributed by atoms with E-state index in [0.717, 1.165) is 42.8 Å². The molecule has 1 aromatic heterocycles. The van der Waals surface area contributed by atoms with Crippen LogP contribution >= 0.6 is 11.3 Å². The number of nitrogens with zero attached hydrogens (tertiary/aromatic N) is 4. The molecule has 1 aliphatic rings. The van der Waals surface area contributed by atoms with Gasteiger partial charge in [0.25, 0.3) is 0 Å². The number of thiazole rings is 1. The first-order chi connectivity index (χ1) is 11.6. The van der Waals surface area contributed by atoms with Crippen LogP contribution in [0.5, 0.6) is 0 Å². The molecule has 2 aromatic rings. The number of hydrogen-bond acceptors (Lipinski definition) is 6. The minimum absolute atomic E-state index is 0.363. The molecule has 128 valence electrons. The van der Waals surface area contributed by atoms with E-state index in [2.05, 4.69) is 22.2 Å². The molecular formula is C16H19FN4O2S. The minimum Gasteiger partial charge on any atom is -0.363 e. The van der Waals surface area contributed by atoms with Crippen LogP contribution in [-0.4, -0.2) is 41.0 Å². The van der Waals surface area contributed by atoms with Gasteiger partial charge in [0, 0.05) is 38.1 Å². The van der Waals surface area contributed by atoms with Crippen LogP contribution in [0, 0.1) is 15.9 Å². The molecule has 0 unspecified atom stereocenters. The first-order valence-corrected chi connectivity index (χ1v) is 8.80. The first-order valence-electron chi connectivity index (χ1n) is 7.92. The van der Waals surface area contributed by atoms with Crippen LogP contribution in [0.25, 0.3) is 0 Å². The van der Waals surface area contributed by atoms with Crippen LogP contribution < -0.4 is 4.90 Å².